The van der Waals surface area contributed by atoms with E-state index in [0.717, 1.165) is 11.1 Å². The van der Waals surface area contributed by atoms with Gasteiger partial charge in [0.25, 0.3) is 0 Å². The molecule has 20 heavy (non-hydrogen) atoms. The van der Waals surface area contributed by atoms with E-state index in [2.05, 4.69) is 6.58 Å². The molecule has 1 fully saturated rings. The zero-order chi connectivity index (χ0) is 14.9. The van der Waals surface area contributed by atoms with E-state index >= 15 is 0 Å². The number of sulfonamides is 1. The summed E-state index contributed by atoms with van der Waals surface area (Å²) in [6.07, 6.45) is 0.210. The van der Waals surface area contributed by atoms with Crippen molar-refractivity contribution >= 4 is 10.0 Å². The quantitative estimate of drug-likeness (QED) is 0.805. The molecule has 1 aliphatic rings. The molecule has 5 heteroatoms. The van der Waals surface area contributed by atoms with Crippen LogP contribution in [0.3, 0.4) is 0 Å². The van der Waals surface area contributed by atoms with Gasteiger partial charge in [-0.3, -0.25) is 0 Å². The summed E-state index contributed by atoms with van der Waals surface area (Å²) in [5, 5.41) is 0. The molecule has 1 aromatic rings. The number of benzene rings is 1. The van der Waals surface area contributed by atoms with Crippen LogP contribution in [-0.2, 0) is 14.8 Å². The number of aryl methyl sites for hydroxylation is 1. The Bertz CT molecular complexity index is 592. The third-order valence-electron chi connectivity index (χ3n) is 3.83. The maximum Gasteiger partial charge on any atom is 0.245 e. The molecule has 0 aromatic heterocycles. The maximum atomic E-state index is 12.7. The van der Waals surface area contributed by atoms with Gasteiger partial charge in [-0.1, -0.05) is 36.8 Å². The summed E-state index contributed by atoms with van der Waals surface area (Å²) in [4.78, 5) is 0.299. The van der Waals surface area contributed by atoms with E-state index in [1.165, 1.54) is 4.31 Å². The lowest BCUT2D eigenvalue weighted by molar-refractivity contribution is -0.00803. The summed E-state index contributed by atoms with van der Waals surface area (Å²) in [6.45, 7) is 8.26. The molecular formula is C15H21NO3S. The van der Waals surface area contributed by atoms with Crippen LogP contribution in [0.2, 0.25) is 0 Å². The smallest absolute Gasteiger partial charge is 0.245 e. The third kappa shape index (κ3) is 2.80. The molecule has 0 spiro atoms. The maximum absolute atomic E-state index is 12.7. The SMILES string of the molecule is C=C1CN(S(=O)(=O)c2ccc(C)cc2)C(OC)CC1C. The van der Waals surface area contributed by atoms with Crippen molar-refractivity contribution in [2.75, 3.05) is 13.7 Å². The van der Waals surface area contributed by atoms with Gasteiger partial charge < -0.3 is 4.74 Å². The third-order valence-corrected chi connectivity index (χ3v) is 5.68. The topological polar surface area (TPSA) is 46.6 Å². The number of methoxy groups -OCH3 is 1. The van der Waals surface area contributed by atoms with Crippen LogP contribution < -0.4 is 0 Å². The van der Waals surface area contributed by atoms with Crippen molar-refractivity contribution in [2.24, 2.45) is 5.92 Å². The van der Waals surface area contributed by atoms with Gasteiger partial charge in [0.1, 0.15) is 6.23 Å². The molecule has 0 amide bonds. The van der Waals surface area contributed by atoms with Crippen LogP contribution in [-0.4, -0.2) is 32.6 Å². The van der Waals surface area contributed by atoms with Crippen molar-refractivity contribution < 1.29 is 13.2 Å². The summed E-state index contributed by atoms with van der Waals surface area (Å²) in [6, 6.07) is 6.88. The Morgan fingerprint density at radius 3 is 2.45 bits per heavy atom. The lowest BCUT2D eigenvalue weighted by Gasteiger charge is -2.37. The molecule has 2 atom stereocenters. The van der Waals surface area contributed by atoms with Gasteiger partial charge in [-0.15, -0.1) is 0 Å². The van der Waals surface area contributed by atoms with Gasteiger partial charge in [-0.05, 0) is 31.4 Å². The fraction of sp³-hybridized carbons (Fsp3) is 0.467. The molecular weight excluding hydrogens is 274 g/mol. The highest BCUT2D eigenvalue weighted by molar-refractivity contribution is 7.89. The van der Waals surface area contributed by atoms with E-state index in [9.17, 15) is 8.42 Å². The molecule has 1 aromatic carbocycles. The fourth-order valence-electron chi connectivity index (χ4n) is 2.34. The summed E-state index contributed by atoms with van der Waals surface area (Å²) in [5.41, 5.74) is 1.96. The average Bonchev–Trinajstić information content (AvgIpc) is 2.41. The van der Waals surface area contributed by atoms with E-state index < -0.39 is 16.3 Å². The van der Waals surface area contributed by atoms with Gasteiger partial charge in [-0.25, -0.2) is 8.42 Å². The number of piperidine rings is 1. The first-order valence-corrected chi connectivity index (χ1v) is 8.09. The molecule has 0 aliphatic carbocycles. The first-order chi connectivity index (χ1) is 9.36. The minimum Gasteiger partial charge on any atom is -0.365 e. The van der Waals surface area contributed by atoms with Crippen LogP contribution in [0.5, 0.6) is 0 Å². The van der Waals surface area contributed by atoms with Crippen LogP contribution in [0, 0.1) is 12.8 Å². The van der Waals surface area contributed by atoms with Gasteiger partial charge in [0.15, 0.2) is 0 Å². The Hall–Kier alpha value is -1.17. The van der Waals surface area contributed by atoms with Gasteiger partial charge in [-0.2, -0.15) is 4.31 Å². The highest BCUT2D eigenvalue weighted by atomic mass is 32.2. The van der Waals surface area contributed by atoms with E-state index in [-0.39, 0.29) is 5.92 Å². The first-order valence-electron chi connectivity index (χ1n) is 6.65. The summed E-state index contributed by atoms with van der Waals surface area (Å²) < 4.78 is 32.2. The molecule has 4 nitrogen and oxygen atoms in total. The van der Waals surface area contributed by atoms with E-state index in [0.29, 0.717) is 17.9 Å². The molecule has 2 unspecified atom stereocenters. The monoisotopic (exact) mass is 295 g/mol. The van der Waals surface area contributed by atoms with Crippen LogP contribution in [0.1, 0.15) is 18.9 Å². The molecule has 1 saturated heterocycles. The van der Waals surface area contributed by atoms with Gasteiger partial charge >= 0.3 is 0 Å². The molecule has 110 valence electrons. The second kappa shape index (κ2) is 5.68. The Morgan fingerprint density at radius 2 is 1.90 bits per heavy atom. The molecule has 0 N–H and O–H groups in total. The lowest BCUT2D eigenvalue weighted by Crippen LogP contribution is -2.47. The van der Waals surface area contributed by atoms with E-state index in [1.807, 2.05) is 13.8 Å². The summed E-state index contributed by atoms with van der Waals surface area (Å²) in [5.74, 6) is 0.268. The second-order valence-electron chi connectivity index (χ2n) is 5.35. The van der Waals surface area contributed by atoms with Gasteiger partial charge in [0.2, 0.25) is 10.0 Å². The highest BCUT2D eigenvalue weighted by Gasteiger charge is 2.37. The molecule has 1 heterocycles. The van der Waals surface area contributed by atoms with E-state index in [1.54, 1.807) is 31.4 Å². The molecule has 0 bridgehead atoms. The van der Waals surface area contributed by atoms with Gasteiger partial charge in [0.05, 0.1) is 4.90 Å². The minimum atomic E-state index is -3.55. The second-order valence-corrected chi connectivity index (χ2v) is 7.24. The van der Waals surface area contributed by atoms with Crippen molar-refractivity contribution in [2.45, 2.75) is 31.4 Å². The van der Waals surface area contributed by atoms with E-state index in [4.69, 9.17) is 4.74 Å². The van der Waals surface area contributed by atoms with Crippen molar-refractivity contribution in [1.29, 1.82) is 0 Å². The first kappa shape index (κ1) is 15.2. The van der Waals surface area contributed by atoms with Crippen molar-refractivity contribution in [3.8, 4) is 0 Å². The van der Waals surface area contributed by atoms with Gasteiger partial charge in [0, 0.05) is 13.7 Å². The number of ether oxygens (including phenoxy) is 1. The predicted molar refractivity (Wildman–Crippen MR) is 78.8 cm³/mol. The Balaban J connectivity index is 2.36. The standard InChI is InChI=1S/C15H21NO3S/c1-11-5-7-14(8-6-11)20(17,18)16-10-13(3)12(2)9-15(16)19-4/h5-8,12,15H,3,9-10H2,1-2,4H3. The fourth-order valence-corrected chi connectivity index (χ4v) is 3.91. The largest absolute Gasteiger partial charge is 0.365 e. The Morgan fingerprint density at radius 1 is 1.30 bits per heavy atom. The number of nitrogens with zero attached hydrogens (tertiary/aromatic N) is 1. The Labute approximate surface area is 121 Å². The van der Waals surface area contributed by atoms with Crippen molar-refractivity contribution in [3.05, 3.63) is 42.0 Å². The van der Waals surface area contributed by atoms with Crippen LogP contribution >= 0.6 is 0 Å². The molecule has 1 aliphatic heterocycles. The van der Waals surface area contributed by atoms with Crippen molar-refractivity contribution in [1.82, 2.24) is 4.31 Å². The summed E-state index contributed by atoms with van der Waals surface area (Å²) in [7, 11) is -2.00. The summed E-state index contributed by atoms with van der Waals surface area (Å²) >= 11 is 0. The average molecular weight is 295 g/mol. The molecule has 0 radical (unpaired) electrons. The number of hydrogen-bond acceptors (Lipinski definition) is 3. The van der Waals surface area contributed by atoms with Crippen molar-refractivity contribution in [3.63, 3.8) is 0 Å². The zero-order valence-electron chi connectivity index (χ0n) is 12.2. The molecule has 0 saturated carbocycles. The predicted octanol–water partition coefficient (Wildman–Crippen LogP) is 2.55. The lowest BCUT2D eigenvalue weighted by atomic mass is 9.94. The zero-order valence-corrected chi connectivity index (χ0v) is 13.0. The number of rotatable bonds is 3. The van der Waals surface area contributed by atoms with Crippen LogP contribution in [0.15, 0.2) is 41.3 Å². The number of hydrogen-bond donors (Lipinski definition) is 0. The Kier molecular flexibility index (Phi) is 4.32. The van der Waals surface area contributed by atoms with Crippen LogP contribution in [0.4, 0.5) is 0 Å². The molecule has 2 rings (SSSR count). The highest BCUT2D eigenvalue weighted by Crippen LogP contribution is 2.31. The van der Waals surface area contributed by atoms with Crippen LogP contribution in [0.25, 0.3) is 0 Å². The minimum absolute atomic E-state index is 0.268. The normalized spacial score (nSPS) is 24.9.